The quantitative estimate of drug-likeness (QED) is 0.451. The molecule has 0 bridgehead atoms. The molecule has 0 saturated carbocycles. The summed E-state index contributed by atoms with van der Waals surface area (Å²) in [5.74, 6) is 7.40. The molecule has 2 aromatic rings. The maximum absolute atomic E-state index is 12.4. The molecule has 1 aliphatic heterocycles. The summed E-state index contributed by atoms with van der Waals surface area (Å²) in [6.45, 7) is 1.84. The molecule has 1 heterocycles. The number of allylic oxidation sites excluding steroid dienone is 1. The lowest BCUT2D eigenvalue weighted by atomic mass is 9.82. The minimum absolute atomic E-state index is 0.257. The highest BCUT2D eigenvalue weighted by atomic mass is 16.5. The molecule has 6 nitrogen and oxygen atoms in total. The summed E-state index contributed by atoms with van der Waals surface area (Å²) in [4.78, 5) is 12.4. The zero-order chi connectivity index (χ0) is 18.2. The van der Waals surface area contributed by atoms with Gasteiger partial charge in [0.05, 0.1) is 24.3 Å². The Kier molecular flexibility index (Phi) is 6.45. The van der Waals surface area contributed by atoms with E-state index in [1.165, 1.54) is 7.11 Å². The predicted molar refractivity (Wildman–Crippen MR) is 98.4 cm³/mol. The lowest BCUT2D eigenvalue weighted by Gasteiger charge is -2.27. The van der Waals surface area contributed by atoms with Gasteiger partial charge in [0, 0.05) is 5.70 Å². The Morgan fingerprint density at radius 3 is 2.16 bits per heavy atom. The van der Waals surface area contributed by atoms with Crippen LogP contribution < -0.4 is 17.1 Å². The molecular weight excluding hydrogens is 316 g/mol. The standard InChI is InChI=1S/C19H18N2O2.H4N2/c1-13-16(19(22)23-2)17(14-9-5-3-6-10-14)18(21-20-13)15-11-7-4-8-12-15;1-2/h3-12,17,20H,1-2H3;1-2H2. The van der Waals surface area contributed by atoms with Crippen molar-refractivity contribution in [2.75, 3.05) is 7.11 Å². The van der Waals surface area contributed by atoms with E-state index in [1.54, 1.807) is 0 Å². The number of hydrazone groups is 1. The summed E-state index contributed by atoms with van der Waals surface area (Å²) in [6, 6.07) is 19.8. The Hall–Kier alpha value is -2.96. The minimum atomic E-state index is -0.341. The van der Waals surface area contributed by atoms with Crippen LogP contribution >= 0.6 is 0 Å². The molecule has 6 heteroatoms. The molecule has 25 heavy (non-hydrogen) atoms. The highest BCUT2D eigenvalue weighted by Crippen LogP contribution is 2.33. The van der Waals surface area contributed by atoms with Crippen LogP contribution in [0.5, 0.6) is 0 Å². The smallest absolute Gasteiger partial charge is 0.336 e. The number of carbonyl (C=O) groups excluding carboxylic acids is 1. The van der Waals surface area contributed by atoms with Crippen molar-refractivity contribution in [3.8, 4) is 0 Å². The lowest BCUT2D eigenvalue weighted by molar-refractivity contribution is -0.136. The number of benzene rings is 2. The Bertz CT molecular complexity index is 771. The van der Waals surface area contributed by atoms with E-state index in [-0.39, 0.29) is 11.9 Å². The first-order valence-corrected chi connectivity index (χ1v) is 7.78. The third kappa shape index (κ3) is 3.93. The zero-order valence-corrected chi connectivity index (χ0v) is 14.3. The van der Waals surface area contributed by atoms with Crippen LogP contribution in [-0.2, 0) is 9.53 Å². The number of hydrogen-bond acceptors (Lipinski definition) is 6. The number of carbonyl (C=O) groups is 1. The van der Waals surface area contributed by atoms with E-state index >= 15 is 0 Å². The molecule has 3 rings (SSSR count). The van der Waals surface area contributed by atoms with Gasteiger partial charge in [-0.3, -0.25) is 17.1 Å². The number of methoxy groups -OCH3 is 1. The fraction of sp³-hybridized carbons (Fsp3) is 0.158. The largest absolute Gasteiger partial charge is 0.466 e. The number of nitrogens with two attached hydrogens (primary N) is 2. The number of hydrazine groups is 1. The maximum atomic E-state index is 12.4. The normalized spacial score (nSPS) is 16.2. The third-order valence-electron chi connectivity index (χ3n) is 3.92. The predicted octanol–water partition coefficient (Wildman–Crippen LogP) is 2.04. The molecular formula is C19H22N4O2. The molecule has 130 valence electrons. The highest BCUT2D eigenvalue weighted by molar-refractivity contribution is 6.12. The van der Waals surface area contributed by atoms with E-state index in [1.807, 2.05) is 67.6 Å². The highest BCUT2D eigenvalue weighted by Gasteiger charge is 2.33. The van der Waals surface area contributed by atoms with Gasteiger partial charge in [-0.25, -0.2) is 4.79 Å². The minimum Gasteiger partial charge on any atom is -0.466 e. The lowest BCUT2D eigenvalue weighted by Crippen LogP contribution is -2.31. The van der Waals surface area contributed by atoms with Gasteiger partial charge in [0.2, 0.25) is 0 Å². The summed E-state index contributed by atoms with van der Waals surface area (Å²) in [7, 11) is 1.40. The van der Waals surface area contributed by atoms with E-state index in [9.17, 15) is 4.79 Å². The Labute approximate surface area is 147 Å². The molecule has 1 aliphatic rings. The van der Waals surface area contributed by atoms with Crippen LogP contribution in [0.1, 0.15) is 24.0 Å². The molecule has 0 fully saturated rings. The van der Waals surface area contributed by atoms with Crippen LogP contribution in [0.15, 0.2) is 77.0 Å². The second-order valence-corrected chi connectivity index (χ2v) is 5.35. The van der Waals surface area contributed by atoms with Crippen molar-refractivity contribution >= 4 is 11.7 Å². The van der Waals surface area contributed by atoms with Crippen LogP contribution in [0, 0.1) is 0 Å². The van der Waals surface area contributed by atoms with Crippen molar-refractivity contribution in [1.82, 2.24) is 5.43 Å². The Morgan fingerprint density at radius 1 is 1.04 bits per heavy atom. The molecule has 5 N–H and O–H groups in total. The SMILES string of the molecule is COC(=O)C1=C(C)NN=C(c2ccccc2)C1c1ccccc1.NN. The summed E-state index contributed by atoms with van der Waals surface area (Å²) >= 11 is 0. The van der Waals surface area contributed by atoms with Crippen molar-refractivity contribution in [3.05, 3.63) is 83.1 Å². The van der Waals surface area contributed by atoms with E-state index < -0.39 is 0 Å². The average molecular weight is 338 g/mol. The van der Waals surface area contributed by atoms with E-state index in [0.29, 0.717) is 11.3 Å². The Morgan fingerprint density at radius 2 is 1.60 bits per heavy atom. The zero-order valence-electron chi connectivity index (χ0n) is 14.3. The fourth-order valence-electron chi connectivity index (χ4n) is 2.81. The maximum Gasteiger partial charge on any atom is 0.336 e. The van der Waals surface area contributed by atoms with Gasteiger partial charge in [0.25, 0.3) is 0 Å². The van der Waals surface area contributed by atoms with Crippen LogP contribution in [0.25, 0.3) is 0 Å². The van der Waals surface area contributed by atoms with Crippen molar-refractivity contribution in [2.24, 2.45) is 16.8 Å². The first-order valence-electron chi connectivity index (χ1n) is 7.78. The van der Waals surface area contributed by atoms with Crippen LogP contribution in [-0.4, -0.2) is 18.8 Å². The van der Waals surface area contributed by atoms with Crippen molar-refractivity contribution in [3.63, 3.8) is 0 Å². The van der Waals surface area contributed by atoms with Gasteiger partial charge in [-0.15, -0.1) is 0 Å². The van der Waals surface area contributed by atoms with Gasteiger partial charge in [-0.2, -0.15) is 5.10 Å². The molecule has 0 aromatic heterocycles. The fourth-order valence-corrected chi connectivity index (χ4v) is 2.81. The van der Waals surface area contributed by atoms with Crippen LogP contribution in [0.4, 0.5) is 0 Å². The molecule has 0 spiro atoms. The molecule has 2 aromatic carbocycles. The molecule has 0 radical (unpaired) electrons. The van der Waals surface area contributed by atoms with Gasteiger partial charge in [0.15, 0.2) is 0 Å². The van der Waals surface area contributed by atoms with Crippen LogP contribution in [0.2, 0.25) is 0 Å². The third-order valence-corrected chi connectivity index (χ3v) is 3.92. The van der Waals surface area contributed by atoms with Gasteiger partial charge in [-0.1, -0.05) is 60.7 Å². The number of nitrogens with one attached hydrogen (secondary N) is 1. The molecule has 1 unspecified atom stereocenters. The number of ether oxygens (including phenoxy) is 1. The molecule has 0 aliphatic carbocycles. The number of rotatable bonds is 3. The average Bonchev–Trinajstić information content (AvgIpc) is 2.70. The summed E-state index contributed by atoms with van der Waals surface area (Å²) in [6.07, 6.45) is 0. The Balaban J connectivity index is 0.00000109. The summed E-state index contributed by atoms with van der Waals surface area (Å²) in [5, 5.41) is 4.51. The van der Waals surface area contributed by atoms with Gasteiger partial charge < -0.3 is 4.74 Å². The number of nitrogens with zero attached hydrogens (tertiary/aromatic N) is 1. The summed E-state index contributed by atoms with van der Waals surface area (Å²) < 4.78 is 5.00. The molecule has 0 saturated heterocycles. The second kappa shape index (κ2) is 8.77. The van der Waals surface area contributed by atoms with Crippen molar-refractivity contribution < 1.29 is 9.53 Å². The topological polar surface area (TPSA) is 103 Å². The molecule has 0 amide bonds. The van der Waals surface area contributed by atoms with Crippen LogP contribution in [0.3, 0.4) is 0 Å². The number of hydrogen-bond donors (Lipinski definition) is 3. The van der Waals surface area contributed by atoms with Gasteiger partial charge in [0.1, 0.15) is 0 Å². The van der Waals surface area contributed by atoms with E-state index in [0.717, 1.165) is 16.8 Å². The first-order chi connectivity index (χ1) is 12.2. The number of esters is 1. The van der Waals surface area contributed by atoms with Gasteiger partial charge >= 0.3 is 5.97 Å². The second-order valence-electron chi connectivity index (χ2n) is 5.35. The summed E-state index contributed by atoms with van der Waals surface area (Å²) in [5.41, 5.74) is 7.06. The molecule has 1 atom stereocenters. The van der Waals surface area contributed by atoms with E-state index in [2.05, 4.69) is 22.2 Å². The van der Waals surface area contributed by atoms with Crippen molar-refractivity contribution in [2.45, 2.75) is 12.8 Å². The monoisotopic (exact) mass is 338 g/mol. The van der Waals surface area contributed by atoms with Gasteiger partial charge in [-0.05, 0) is 18.1 Å². The van der Waals surface area contributed by atoms with Crippen molar-refractivity contribution in [1.29, 1.82) is 0 Å². The first kappa shape index (κ1) is 18.4. The van der Waals surface area contributed by atoms with E-state index in [4.69, 9.17) is 4.74 Å².